The van der Waals surface area contributed by atoms with Gasteiger partial charge in [0.05, 0.1) is 24.2 Å². The van der Waals surface area contributed by atoms with Crippen molar-refractivity contribution < 1.29 is 9.53 Å². The molecule has 0 aliphatic carbocycles. The number of nitrogens with two attached hydrogens (primary N) is 1. The van der Waals surface area contributed by atoms with Gasteiger partial charge in [0.15, 0.2) is 0 Å². The second-order valence-corrected chi connectivity index (χ2v) is 4.93. The summed E-state index contributed by atoms with van der Waals surface area (Å²) in [6, 6.07) is 0.104. The lowest BCUT2D eigenvalue weighted by Crippen LogP contribution is -2.47. The molecule has 0 bridgehead atoms. The number of carbonyl (C=O) groups is 1. The highest BCUT2D eigenvalue weighted by Crippen LogP contribution is 2.16. The van der Waals surface area contributed by atoms with E-state index in [1.54, 1.807) is 7.11 Å². The van der Waals surface area contributed by atoms with Crippen molar-refractivity contribution in [2.75, 3.05) is 26.8 Å². The van der Waals surface area contributed by atoms with E-state index in [9.17, 15) is 4.79 Å². The van der Waals surface area contributed by atoms with E-state index in [2.05, 4.69) is 5.32 Å². The molecule has 1 fully saturated rings. The fourth-order valence-electron chi connectivity index (χ4n) is 2.13. The Hall–Kier alpha value is -0.720. The molecule has 1 heterocycles. The number of ether oxygens (including phenoxy) is 1. The maximum atomic E-state index is 11.8. The predicted octanol–water partition coefficient (Wildman–Crippen LogP) is -0.112. The lowest BCUT2D eigenvalue weighted by molar-refractivity contribution is -0.123. The standard InChI is InChI=1S/C11H21N3O2S/c1-8(7-16-2)13-10(15)6-14-5-3-4-9(14)11(12)17/h8-9H,3-7H2,1-2H3,(H2,12,17)(H,13,15). The molecule has 1 rings (SSSR count). The summed E-state index contributed by atoms with van der Waals surface area (Å²) in [5.41, 5.74) is 5.65. The lowest BCUT2D eigenvalue weighted by atomic mass is 10.2. The SMILES string of the molecule is COCC(C)NC(=O)CN1CCCC1C(N)=S. The van der Waals surface area contributed by atoms with Crippen molar-refractivity contribution in [1.82, 2.24) is 10.2 Å². The Morgan fingerprint density at radius 3 is 3.00 bits per heavy atom. The van der Waals surface area contributed by atoms with E-state index >= 15 is 0 Å². The van der Waals surface area contributed by atoms with E-state index in [1.807, 2.05) is 11.8 Å². The van der Waals surface area contributed by atoms with Crippen LogP contribution in [0.5, 0.6) is 0 Å². The van der Waals surface area contributed by atoms with Gasteiger partial charge in [-0.2, -0.15) is 0 Å². The van der Waals surface area contributed by atoms with Crippen LogP contribution >= 0.6 is 12.2 Å². The Labute approximate surface area is 108 Å². The van der Waals surface area contributed by atoms with Gasteiger partial charge in [-0.25, -0.2) is 0 Å². The molecule has 0 spiro atoms. The Balaban J connectivity index is 2.37. The molecular formula is C11H21N3O2S. The zero-order chi connectivity index (χ0) is 12.8. The number of methoxy groups -OCH3 is 1. The molecule has 3 N–H and O–H groups in total. The van der Waals surface area contributed by atoms with Crippen LogP contribution in [0.25, 0.3) is 0 Å². The summed E-state index contributed by atoms with van der Waals surface area (Å²) < 4.78 is 4.96. The summed E-state index contributed by atoms with van der Waals surface area (Å²) in [5.74, 6) is -0.00213. The second-order valence-electron chi connectivity index (χ2n) is 4.45. The minimum atomic E-state index is -0.00213. The third-order valence-electron chi connectivity index (χ3n) is 2.86. The first kappa shape index (κ1) is 14.3. The monoisotopic (exact) mass is 259 g/mol. The van der Waals surface area contributed by atoms with Gasteiger partial charge in [-0.3, -0.25) is 9.69 Å². The van der Waals surface area contributed by atoms with Crippen LogP contribution < -0.4 is 11.1 Å². The zero-order valence-electron chi connectivity index (χ0n) is 10.4. The van der Waals surface area contributed by atoms with Gasteiger partial charge in [-0.15, -0.1) is 0 Å². The molecule has 0 saturated carbocycles. The van der Waals surface area contributed by atoms with Crippen LogP contribution in [0.2, 0.25) is 0 Å². The van der Waals surface area contributed by atoms with Crippen LogP contribution in [-0.4, -0.2) is 54.7 Å². The minimum absolute atomic E-state index is 0.00213. The number of thiocarbonyl (C=S) groups is 1. The molecule has 2 unspecified atom stereocenters. The smallest absolute Gasteiger partial charge is 0.234 e. The van der Waals surface area contributed by atoms with Gasteiger partial charge in [-0.05, 0) is 26.3 Å². The van der Waals surface area contributed by atoms with E-state index < -0.39 is 0 Å². The van der Waals surface area contributed by atoms with Crippen molar-refractivity contribution in [1.29, 1.82) is 0 Å². The van der Waals surface area contributed by atoms with E-state index in [-0.39, 0.29) is 18.0 Å². The fraction of sp³-hybridized carbons (Fsp3) is 0.818. The number of nitrogens with one attached hydrogen (secondary N) is 1. The lowest BCUT2D eigenvalue weighted by Gasteiger charge is -2.23. The summed E-state index contributed by atoms with van der Waals surface area (Å²) in [5, 5.41) is 2.88. The quantitative estimate of drug-likeness (QED) is 0.651. The van der Waals surface area contributed by atoms with Crippen LogP contribution in [0.1, 0.15) is 19.8 Å². The Bertz CT molecular complexity index is 286. The number of amides is 1. The second kappa shape index (κ2) is 6.88. The highest BCUT2D eigenvalue weighted by atomic mass is 32.1. The van der Waals surface area contributed by atoms with Gasteiger partial charge in [-0.1, -0.05) is 12.2 Å². The third-order valence-corrected chi connectivity index (χ3v) is 3.13. The largest absolute Gasteiger partial charge is 0.392 e. The molecule has 98 valence electrons. The summed E-state index contributed by atoms with van der Waals surface area (Å²) in [7, 11) is 1.62. The first-order chi connectivity index (χ1) is 8.04. The molecule has 5 nitrogen and oxygen atoms in total. The highest BCUT2D eigenvalue weighted by Gasteiger charge is 2.28. The summed E-state index contributed by atoms with van der Waals surface area (Å²) >= 11 is 5.00. The molecule has 1 aliphatic heterocycles. The highest BCUT2D eigenvalue weighted by molar-refractivity contribution is 7.80. The number of carbonyl (C=O) groups excluding carboxylic acids is 1. The fourth-order valence-corrected chi connectivity index (χ4v) is 2.40. The molecule has 2 atom stereocenters. The summed E-state index contributed by atoms with van der Waals surface area (Å²) in [6.07, 6.45) is 2.00. The van der Waals surface area contributed by atoms with E-state index in [1.165, 1.54) is 0 Å². The normalized spacial score (nSPS) is 22.4. The van der Waals surface area contributed by atoms with Crippen LogP contribution in [-0.2, 0) is 9.53 Å². The van der Waals surface area contributed by atoms with E-state index in [0.29, 0.717) is 18.1 Å². The van der Waals surface area contributed by atoms with Gasteiger partial charge in [0.1, 0.15) is 0 Å². The number of hydrogen-bond acceptors (Lipinski definition) is 4. The van der Waals surface area contributed by atoms with Crippen LogP contribution in [0, 0.1) is 0 Å². The molecule has 6 heteroatoms. The van der Waals surface area contributed by atoms with Crippen molar-refractivity contribution in [3.63, 3.8) is 0 Å². The maximum absolute atomic E-state index is 11.8. The van der Waals surface area contributed by atoms with Gasteiger partial charge in [0.25, 0.3) is 0 Å². The third kappa shape index (κ3) is 4.57. The Morgan fingerprint density at radius 1 is 1.71 bits per heavy atom. The number of likely N-dealkylation sites (tertiary alicyclic amines) is 1. The summed E-state index contributed by atoms with van der Waals surface area (Å²) in [6.45, 7) is 3.67. The molecular weight excluding hydrogens is 238 g/mol. The minimum Gasteiger partial charge on any atom is -0.392 e. The van der Waals surface area contributed by atoms with Crippen LogP contribution in [0.3, 0.4) is 0 Å². The number of hydrogen-bond donors (Lipinski definition) is 2. The number of nitrogens with zero attached hydrogens (tertiary/aromatic N) is 1. The van der Waals surface area contributed by atoms with E-state index in [0.717, 1.165) is 19.4 Å². The van der Waals surface area contributed by atoms with Gasteiger partial charge < -0.3 is 15.8 Å². The zero-order valence-corrected chi connectivity index (χ0v) is 11.3. The average Bonchev–Trinajstić information content (AvgIpc) is 2.65. The molecule has 0 radical (unpaired) electrons. The molecule has 1 saturated heterocycles. The molecule has 1 aliphatic rings. The van der Waals surface area contributed by atoms with Crippen LogP contribution in [0.4, 0.5) is 0 Å². The first-order valence-electron chi connectivity index (χ1n) is 5.86. The Morgan fingerprint density at radius 2 is 2.41 bits per heavy atom. The van der Waals surface area contributed by atoms with Crippen molar-refractivity contribution >= 4 is 23.1 Å². The molecule has 0 aromatic carbocycles. The number of rotatable bonds is 6. The molecule has 0 aromatic heterocycles. The van der Waals surface area contributed by atoms with Crippen molar-refractivity contribution in [2.24, 2.45) is 5.73 Å². The predicted molar refractivity (Wildman–Crippen MR) is 70.9 cm³/mol. The first-order valence-corrected chi connectivity index (χ1v) is 6.27. The molecule has 0 aromatic rings. The maximum Gasteiger partial charge on any atom is 0.234 e. The van der Waals surface area contributed by atoms with E-state index in [4.69, 9.17) is 22.7 Å². The van der Waals surface area contributed by atoms with Crippen LogP contribution in [0.15, 0.2) is 0 Å². The molecule has 17 heavy (non-hydrogen) atoms. The van der Waals surface area contributed by atoms with Crippen molar-refractivity contribution in [2.45, 2.75) is 31.8 Å². The summed E-state index contributed by atoms with van der Waals surface area (Å²) in [4.78, 5) is 14.3. The van der Waals surface area contributed by atoms with Crippen molar-refractivity contribution in [3.05, 3.63) is 0 Å². The van der Waals surface area contributed by atoms with Gasteiger partial charge in [0.2, 0.25) is 5.91 Å². The van der Waals surface area contributed by atoms with Crippen molar-refractivity contribution in [3.8, 4) is 0 Å². The van der Waals surface area contributed by atoms with Gasteiger partial charge in [0, 0.05) is 13.2 Å². The average molecular weight is 259 g/mol. The topological polar surface area (TPSA) is 67.6 Å². The molecule has 1 amide bonds. The Kier molecular flexibility index (Phi) is 5.80. The van der Waals surface area contributed by atoms with Gasteiger partial charge >= 0.3 is 0 Å².